The van der Waals surface area contributed by atoms with Crippen molar-refractivity contribution in [1.29, 1.82) is 0 Å². The summed E-state index contributed by atoms with van der Waals surface area (Å²) in [5.74, 6) is -0.391. The Balaban J connectivity index is 1.77. The van der Waals surface area contributed by atoms with Gasteiger partial charge in [-0.2, -0.15) is 0 Å². The van der Waals surface area contributed by atoms with Crippen molar-refractivity contribution in [2.24, 2.45) is 10.1 Å². The normalized spacial score (nSPS) is 18.6. The molecule has 0 saturated carbocycles. The summed E-state index contributed by atoms with van der Waals surface area (Å²) < 4.78 is 12.7. The van der Waals surface area contributed by atoms with E-state index in [0.717, 1.165) is 10.0 Å². The third kappa shape index (κ3) is 5.36. The van der Waals surface area contributed by atoms with Gasteiger partial charge in [-0.05, 0) is 47.5 Å². The molecule has 0 saturated heterocycles. The molecule has 0 aromatic heterocycles. The molecule has 9 nitrogen and oxygen atoms in total. The van der Waals surface area contributed by atoms with Crippen LogP contribution in [0, 0.1) is 0 Å². The van der Waals surface area contributed by atoms with Gasteiger partial charge in [0.05, 0.1) is 6.61 Å². The van der Waals surface area contributed by atoms with Crippen molar-refractivity contribution in [1.82, 2.24) is 0 Å². The molecule has 10 heteroatoms. The summed E-state index contributed by atoms with van der Waals surface area (Å²) in [5, 5.41) is 23.2. The highest BCUT2D eigenvalue weighted by Gasteiger charge is 2.54. The number of azide groups is 1. The summed E-state index contributed by atoms with van der Waals surface area (Å²) >= 11 is 3.40. The Morgan fingerprint density at radius 2 is 1.86 bits per heavy atom. The van der Waals surface area contributed by atoms with Gasteiger partial charge in [0.1, 0.15) is 5.75 Å². The van der Waals surface area contributed by atoms with Crippen LogP contribution in [0.2, 0.25) is 0 Å². The maximum atomic E-state index is 12.9. The zero-order valence-corrected chi connectivity index (χ0v) is 20.7. The van der Waals surface area contributed by atoms with E-state index in [2.05, 4.69) is 30.9 Å². The van der Waals surface area contributed by atoms with Gasteiger partial charge in [0.25, 0.3) is 0 Å². The third-order valence-corrected chi connectivity index (χ3v) is 6.29. The maximum absolute atomic E-state index is 12.9. The van der Waals surface area contributed by atoms with Gasteiger partial charge in [-0.1, -0.05) is 57.4 Å². The molecule has 0 aliphatic carbocycles. The fourth-order valence-electron chi connectivity index (χ4n) is 4.01. The molecule has 4 rings (SSSR count). The van der Waals surface area contributed by atoms with Crippen LogP contribution in [-0.2, 0) is 16.0 Å². The third-order valence-electron chi connectivity index (χ3n) is 5.77. The van der Waals surface area contributed by atoms with Crippen molar-refractivity contribution in [2.45, 2.75) is 24.5 Å². The number of hydrogen-bond acceptors (Lipinski definition) is 6. The van der Waals surface area contributed by atoms with E-state index in [-0.39, 0.29) is 24.6 Å². The second-order valence-electron chi connectivity index (χ2n) is 8.15. The number of carboxylic acids is 1. The van der Waals surface area contributed by atoms with Crippen LogP contribution in [0.1, 0.15) is 29.2 Å². The standard InChI is InChI=1S/C26H23BrN4O5/c27-19-10-6-17(7-11-19)16-26(25(33)34)23(21-4-1-2-5-22(21)30-31-28)36-24(29-26)18-8-12-20(13-9-18)35-15-3-14-32/h1-2,4-13,23,32H,3,14-16H2,(H,33,34)/t23-,26-/m1/s1. The first-order chi connectivity index (χ1) is 17.5. The lowest BCUT2D eigenvalue weighted by atomic mass is 9.82. The highest BCUT2D eigenvalue weighted by molar-refractivity contribution is 9.10. The number of aliphatic hydroxyl groups excluding tert-OH is 1. The summed E-state index contributed by atoms with van der Waals surface area (Å²) in [5.41, 5.74) is 9.39. The van der Waals surface area contributed by atoms with Crippen molar-refractivity contribution < 1.29 is 24.5 Å². The molecule has 0 bridgehead atoms. The number of aliphatic hydroxyl groups is 1. The van der Waals surface area contributed by atoms with Crippen LogP contribution >= 0.6 is 15.9 Å². The van der Waals surface area contributed by atoms with Crippen LogP contribution in [0.15, 0.2) is 87.4 Å². The molecule has 1 aliphatic heterocycles. The van der Waals surface area contributed by atoms with Gasteiger partial charge in [-0.15, -0.1) is 0 Å². The summed E-state index contributed by atoms with van der Waals surface area (Å²) in [6.45, 7) is 0.415. The number of hydrogen-bond donors (Lipinski definition) is 2. The van der Waals surface area contributed by atoms with E-state index < -0.39 is 17.6 Å². The monoisotopic (exact) mass is 550 g/mol. The number of nitrogens with zero attached hydrogens (tertiary/aromatic N) is 4. The fraction of sp³-hybridized carbons (Fsp3) is 0.231. The van der Waals surface area contributed by atoms with E-state index in [1.54, 1.807) is 48.5 Å². The molecule has 184 valence electrons. The number of aliphatic carboxylic acids is 1. The number of aliphatic imine (C=N–C) groups is 1. The van der Waals surface area contributed by atoms with Crippen molar-refractivity contribution in [3.8, 4) is 5.75 Å². The average Bonchev–Trinajstić information content (AvgIpc) is 3.27. The predicted octanol–water partition coefficient (Wildman–Crippen LogP) is 5.74. The highest BCUT2D eigenvalue weighted by atomic mass is 79.9. The highest BCUT2D eigenvalue weighted by Crippen LogP contribution is 2.45. The van der Waals surface area contributed by atoms with Gasteiger partial charge in [0.15, 0.2) is 6.10 Å². The van der Waals surface area contributed by atoms with Crippen LogP contribution in [0.4, 0.5) is 5.69 Å². The largest absolute Gasteiger partial charge is 0.494 e. The van der Waals surface area contributed by atoms with E-state index >= 15 is 0 Å². The second kappa shape index (κ2) is 11.3. The number of rotatable bonds is 10. The van der Waals surface area contributed by atoms with Gasteiger partial charge in [-0.3, -0.25) is 0 Å². The fourth-order valence-corrected chi connectivity index (χ4v) is 4.27. The lowest BCUT2D eigenvalue weighted by Gasteiger charge is -2.28. The number of benzene rings is 3. The lowest BCUT2D eigenvalue weighted by molar-refractivity contribution is -0.146. The molecule has 1 aliphatic rings. The Hall–Kier alpha value is -3.85. The average molecular weight is 551 g/mol. The smallest absolute Gasteiger partial charge is 0.336 e. The molecule has 3 aromatic carbocycles. The molecule has 0 radical (unpaired) electrons. The Labute approximate surface area is 215 Å². The zero-order valence-electron chi connectivity index (χ0n) is 19.1. The van der Waals surface area contributed by atoms with Crippen molar-refractivity contribution in [3.05, 3.63) is 104 Å². The molecule has 36 heavy (non-hydrogen) atoms. The molecular weight excluding hydrogens is 528 g/mol. The van der Waals surface area contributed by atoms with Crippen molar-refractivity contribution in [3.63, 3.8) is 0 Å². The SMILES string of the molecule is [N-]=[N+]=Nc1ccccc1[C@H]1OC(c2ccc(OCCCO)cc2)=N[C@@]1(Cc1ccc(Br)cc1)C(=O)O. The minimum Gasteiger partial charge on any atom is -0.494 e. The van der Waals surface area contributed by atoms with Crippen LogP contribution < -0.4 is 4.74 Å². The Kier molecular flexibility index (Phi) is 7.90. The first kappa shape index (κ1) is 25.2. The van der Waals surface area contributed by atoms with E-state index in [1.165, 1.54) is 0 Å². The summed E-state index contributed by atoms with van der Waals surface area (Å²) in [7, 11) is 0. The van der Waals surface area contributed by atoms with E-state index in [1.807, 2.05) is 24.3 Å². The number of carboxylic acid groups (broad SMARTS) is 1. The molecule has 2 N–H and O–H groups in total. The minimum atomic E-state index is -1.71. The molecule has 3 aromatic rings. The van der Waals surface area contributed by atoms with Crippen molar-refractivity contribution in [2.75, 3.05) is 13.2 Å². The predicted molar refractivity (Wildman–Crippen MR) is 137 cm³/mol. The first-order valence-electron chi connectivity index (χ1n) is 11.2. The maximum Gasteiger partial charge on any atom is 0.336 e. The molecular formula is C26H23BrN4O5. The minimum absolute atomic E-state index is 0.0388. The van der Waals surface area contributed by atoms with E-state index in [0.29, 0.717) is 29.9 Å². The molecule has 2 atom stereocenters. The molecule has 0 amide bonds. The Bertz CT molecular complexity index is 1310. The number of ether oxygens (including phenoxy) is 2. The second-order valence-corrected chi connectivity index (χ2v) is 9.06. The van der Waals surface area contributed by atoms with Gasteiger partial charge in [-0.25, -0.2) is 9.79 Å². The van der Waals surface area contributed by atoms with Gasteiger partial charge >= 0.3 is 5.97 Å². The summed E-state index contributed by atoms with van der Waals surface area (Å²) in [4.78, 5) is 20.4. The van der Waals surface area contributed by atoms with Gasteiger partial charge in [0.2, 0.25) is 11.4 Å². The molecule has 0 spiro atoms. The summed E-state index contributed by atoms with van der Waals surface area (Å²) in [6.07, 6.45) is -0.478. The van der Waals surface area contributed by atoms with Crippen LogP contribution in [0.25, 0.3) is 10.4 Å². The topological polar surface area (TPSA) is 137 Å². The number of halogens is 1. The molecule has 0 unspecified atom stereocenters. The first-order valence-corrected chi connectivity index (χ1v) is 12.0. The van der Waals surface area contributed by atoms with Crippen LogP contribution in [0.3, 0.4) is 0 Å². The zero-order chi connectivity index (χ0) is 25.5. The van der Waals surface area contributed by atoms with Crippen LogP contribution in [0.5, 0.6) is 5.75 Å². The molecule has 1 heterocycles. The Morgan fingerprint density at radius 3 is 2.53 bits per heavy atom. The van der Waals surface area contributed by atoms with E-state index in [9.17, 15) is 9.90 Å². The van der Waals surface area contributed by atoms with Crippen molar-refractivity contribution >= 4 is 33.5 Å². The lowest BCUT2D eigenvalue weighted by Crippen LogP contribution is -2.43. The van der Waals surface area contributed by atoms with E-state index in [4.69, 9.17) is 20.1 Å². The Morgan fingerprint density at radius 1 is 1.14 bits per heavy atom. The molecule has 0 fully saturated rings. The van der Waals surface area contributed by atoms with Crippen LogP contribution in [-0.4, -0.2) is 40.8 Å². The quantitative estimate of drug-likeness (QED) is 0.143. The number of carbonyl (C=O) groups is 1. The van der Waals surface area contributed by atoms with Gasteiger partial charge in [0, 0.05) is 45.6 Å². The van der Waals surface area contributed by atoms with Gasteiger partial charge < -0.3 is 19.7 Å². The summed E-state index contributed by atoms with van der Waals surface area (Å²) in [6, 6.07) is 21.0.